The minimum Gasteiger partial charge on any atom is -0.361 e. The van der Waals surface area contributed by atoms with Crippen molar-refractivity contribution in [2.24, 2.45) is 0 Å². The zero-order valence-electron chi connectivity index (χ0n) is 12.8. The Bertz CT molecular complexity index is 745. The second kappa shape index (κ2) is 5.98. The smallest absolute Gasteiger partial charge is 0.0456 e. The molecule has 0 aliphatic heterocycles. The third kappa shape index (κ3) is 2.67. The quantitative estimate of drug-likeness (QED) is 0.722. The van der Waals surface area contributed by atoms with Crippen molar-refractivity contribution in [3.63, 3.8) is 0 Å². The molecule has 1 aliphatic carbocycles. The normalized spacial score (nSPS) is 21.5. The molecule has 1 aliphatic rings. The molecule has 0 radical (unpaired) electrons. The number of nitrogens with one attached hydrogen (secondary N) is 2. The Labute approximate surface area is 131 Å². The van der Waals surface area contributed by atoms with Gasteiger partial charge in [0.15, 0.2) is 0 Å². The summed E-state index contributed by atoms with van der Waals surface area (Å²) in [5.41, 5.74) is 4.14. The van der Waals surface area contributed by atoms with Crippen molar-refractivity contribution in [2.75, 3.05) is 0 Å². The zero-order valence-corrected chi connectivity index (χ0v) is 12.8. The number of rotatable bonds is 4. The fourth-order valence-electron chi connectivity index (χ4n) is 3.74. The maximum atomic E-state index is 3.73. The molecule has 0 amide bonds. The average molecular weight is 290 g/mol. The molecule has 2 heteroatoms. The Morgan fingerprint density at radius 2 is 1.77 bits per heavy atom. The molecule has 4 rings (SSSR count). The van der Waals surface area contributed by atoms with Gasteiger partial charge in [-0.05, 0) is 42.4 Å². The summed E-state index contributed by atoms with van der Waals surface area (Å²) in [5, 5.41) is 5.13. The summed E-state index contributed by atoms with van der Waals surface area (Å²) in [6, 6.07) is 20.0. The van der Waals surface area contributed by atoms with Crippen LogP contribution in [0.15, 0.2) is 60.8 Å². The van der Waals surface area contributed by atoms with E-state index >= 15 is 0 Å². The minimum absolute atomic E-state index is 0.638. The Morgan fingerprint density at radius 1 is 0.955 bits per heavy atom. The lowest BCUT2D eigenvalue weighted by molar-refractivity contribution is 0.518. The molecule has 0 unspecified atom stereocenters. The molecule has 3 aromatic rings. The van der Waals surface area contributed by atoms with Crippen molar-refractivity contribution < 1.29 is 0 Å². The lowest BCUT2D eigenvalue weighted by atomic mass is 9.97. The first-order valence-electron chi connectivity index (χ1n) is 8.23. The Kier molecular flexibility index (Phi) is 3.69. The first-order chi connectivity index (χ1) is 10.9. The number of aromatic amines is 1. The van der Waals surface area contributed by atoms with Crippen LogP contribution in [0.3, 0.4) is 0 Å². The van der Waals surface area contributed by atoms with Crippen LogP contribution in [0.2, 0.25) is 0 Å². The van der Waals surface area contributed by atoms with Gasteiger partial charge < -0.3 is 10.3 Å². The van der Waals surface area contributed by atoms with Crippen molar-refractivity contribution >= 4 is 10.9 Å². The second-order valence-corrected chi connectivity index (χ2v) is 6.36. The highest BCUT2D eigenvalue weighted by molar-refractivity contribution is 5.83. The van der Waals surface area contributed by atoms with Crippen LogP contribution in [0.1, 0.15) is 36.3 Å². The van der Waals surface area contributed by atoms with Gasteiger partial charge in [-0.25, -0.2) is 0 Å². The Hall–Kier alpha value is -2.06. The standard InChI is InChI=1S/C20H22N2/c1-2-6-15(7-3-1)13-21-17-11-10-16(12-17)19-14-22-20-9-5-4-8-18(19)20/h1-9,14,16-17,21-22H,10-13H2/t16-,17+/m0/s1. The molecule has 1 fully saturated rings. The average Bonchev–Trinajstić information content (AvgIpc) is 3.20. The summed E-state index contributed by atoms with van der Waals surface area (Å²) in [7, 11) is 0. The fraction of sp³-hybridized carbons (Fsp3) is 0.300. The number of aromatic nitrogens is 1. The number of benzene rings is 2. The molecule has 1 aromatic heterocycles. The van der Waals surface area contributed by atoms with Crippen LogP contribution in [0.25, 0.3) is 10.9 Å². The van der Waals surface area contributed by atoms with Gasteiger partial charge in [0.05, 0.1) is 0 Å². The number of hydrogen-bond acceptors (Lipinski definition) is 1. The number of hydrogen-bond donors (Lipinski definition) is 2. The van der Waals surface area contributed by atoms with E-state index < -0.39 is 0 Å². The first-order valence-corrected chi connectivity index (χ1v) is 8.23. The van der Waals surface area contributed by atoms with Crippen LogP contribution >= 0.6 is 0 Å². The topological polar surface area (TPSA) is 27.8 Å². The van der Waals surface area contributed by atoms with Crippen molar-refractivity contribution in [1.29, 1.82) is 0 Å². The van der Waals surface area contributed by atoms with E-state index in [0.29, 0.717) is 12.0 Å². The highest BCUT2D eigenvalue weighted by atomic mass is 14.9. The minimum atomic E-state index is 0.638. The molecule has 2 nitrogen and oxygen atoms in total. The van der Waals surface area contributed by atoms with Gasteiger partial charge >= 0.3 is 0 Å². The molecular formula is C20H22N2. The van der Waals surface area contributed by atoms with Gasteiger partial charge in [-0.2, -0.15) is 0 Å². The molecular weight excluding hydrogens is 268 g/mol. The Balaban J connectivity index is 1.42. The SMILES string of the molecule is c1ccc(CN[C@@H]2CC[C@H](c3c[nH]c4ccccc34)C2)cc1. The summed E-state index contributed by atoms with van der Waals surface area (Å²) in [5.74, 6) is 0.685. The van der Waals surface area contributed by atoms with Gasteiger partial charge in [0.2, 0.25) is 0 Å². The van der Waals surface area contributed by atoms with Gasteiger partial charge in [0.1, 0.15) is 0 Å². The summed E-state index contributed by atoms with van der Waals surface area (Å²) in [6.45, 7) is 0.978. The van der Waals surface area contributed by atoms with Gasteiger partial charge in [-0.3, -0.25) is 0 Å². The second-order valence-electron chi connectivity index (χ2n) is 6.36. The van der Waals surface area contributed by atoms with Gasteiger partial charge in [-0.15, -0.1) is 0 Å². The van der Waals surface area contributed by atoms with Crippen molar-refractivity contribution in [2.45, 2.75) is 37.8 Å². The fourth-order valence-corrected chi connectivity index (χ4v) is 3.74. The maximum absolute atomic E-state index is 3.73. The third-order valence-electron chi connectivity index (χ3n) is 4.93. The lowest BCUT2D eigenvalue weighted by Gasteiger charge is -2.13. The molecule has 2 aromatic carbocycles. The predicted octanol–water partition coefficient (Wildman–Crippen LogP) is 4.59. The third-order valence-corrected chi connectivity index (χ3v) is 4.93. The van der Waals surface area contributed by atoms with Crippen molar-refractivity contribution in [3.05, 3.63) is 71.9 Å². The summed E-state index contributed by atoms with van der Waals surface area (Å²) in [4.78, 5) is 3.42. The summed E-state index contributed by atoms with van der Waals surface area (Å²) >= 11 is 0. The molecule has 0 saturated heterocycles. The van der Waals surface area contributed by atoms with E-state index in [4.69, 9.17) is 0 Å². The number of fused-ring (bicyclic) bond motifs is 1. The van der Waals surface area contributed by atoms with Crippen molar-refractivity contribution in [3.8, 4) is 0 Å². The highest BCUT2D eigenvalue weighted by Crippen LogP contribution is 2.37. The molecule has 112 valence electrons. The van der Waals surface area contributed by atoms with Crippen LogP contribution in [0.5, 0.6) is 0 Å². The molecule has 0 bridgehead atoms. The van der Waals surface area contributed by atoms with Gasteiger partial charge in [0, 0.05) is 29.7 Å². The van der Waals surface area contributed by atoms with Crippen molar-refractivity contribution in [1.82, 2.24) is 10.3 Å². The molecule has 2 atom stereocenters. The zero-order chi connectivity index (χ0) is 14.8. The van der Waals surface area contributed by atoms with Gasteiger partial charge in [-0.1, -0.05) is 48.5 Å². The van der Waals surface area contributed by atoms with Crippen LogP contribution in [0.4, 0.5) is 0 Å². The summed E-state index contributed by atoms with van der Waals surface area (Å²) < 4.78 is 0. The maximum Gasteiger partial charge on any atom is 0.0456 e. The predicted molar refractivity (Wildman–Crippen MR) is 92.0 cm³/mol. The van der Waals surface area contributed by atoms with Gasteiger partial charge in [0.25, 0.3) is 0 Å². The Morgan fingerprint density at radius 3 is 2.68 bits per heavy atom. The number of H-pyrrole nitrogens is 1. The summed E-state index contributed by atoms with van der Waals surface area (Å²) in [6.07, 6.45) is 6.02. The molecule has 22 heavy (non-hydrogen) atoms. The molecule has 0 spiro atoms. The highest BCUT2D eigenvalue weighted by Gasteiger charge is 2.27. The van der Waals surface area contributed by atoms with E-state index in [1.165, 1.54) is 41.3 Å². The van der Waals surface area contributed by atoms with E-state index in [1.807, 2.05) is 0 Å². The number of para-hydroxylation sites is 1. The largest absolute Gasteiger partial charge is 0.361 e. The molecule has 1 saturated carbocycles. The monoisotopic (exact) mass is 290 g/mol. The first kappa shape index (κ1) is 13.6. The van der Waals surface area contributed by atoms with E-state index in [9.17, 15) is 0 Å². The lowest BCUT2D eigenvalue weighted by Crippen LogP contribution is -2.25. The van der Waals surface area contributed by atoms with E-state index in [2.05, 4.69) is 71.1 Å². The van der Waals surface area contributed by atoms with Crippen LogP contribution in [-0.4, -0.2) is 11.0 Å². The van der Waals surface area contributed by atoms with E-state index in [0.717, 1.165) is 6.54 Å². The van der Waals surface area contributed by atoms with Crippen LogP contribution in [0, 0.1) is 0 Å². The molecule has 1 heterocycles. The molecule has 2 N–H and O–H groups in total. The van der Waals surface area contributed by atoms with E-state index in [1.54, 1.807) is 0 Å². The van der Waals surface area contributed by atoms with Crippen LogP contribution < -0.4 is 5.32 Å². The van der Waals surface area contributed by atoms with Crippen LogP contribution in [-0.2, 0) is 6.54 Å². The van der Waals surface area contributed by atoms with E-state index in [-0.39, 0.29) is 0 Å².